The van der Waals surface area contributed by atoms with Crippen LogP contribution in [0.4, 0.5) is 11.4 Å². The molecule has 0 radical (unpaired) electrons. The number of rotatable bonds is 4. The summed E-state index contributed by atoms with van der Waals surface area (Å²) in [5, 5.41) is 0. The van der Waals surface area contributed by atoms with Crippen LogP contribution in [-0.4, -0.2) is 6.04 Å². The number of benzene rings is 2. The van der Waals surface area contributed by atoms with E-state index in [1.54, 1.807) is 0 Å². The summed E-state index contributed by atoms with van der Waals surface area (Å²) in [6, 6.07) is 16.2. The molecule has 1 aliphatic carbocycles. The van der Waals surface area contributed by atoms with Gasteiger partial charge in [-0.25, -0.2) is 0 Å². The summed E-state index contributed by atoms with van der Waals surface area (Å²) in [7, 11) is 0. The number of halogens is 1. The van der Waals surface area contributed by atoms with Gasteiger partial charge in [0, 0.05) is 15.8 Å². The van der Waals surface area contributed by atoms with Crippen LogP contribution in [0.25, 0.3) is 0 Å². The second-order valence-electron chi connectivity index (χ2n) is 10.4. The molecule has 0 N–H and O–H groups in total. The fourth-order valence-corrected chi connectivity index (χ4v) is 4.52. The third kappa shape index (κ3) is 5.27. The first-order valence-corrected chi connectivity index (χ1v) is 11.9. The predicted molar refractivity (Wildman–Crippen MR) is 136 cm³/mol. The van der Waals surface area contributed by atoms with E-state index in [0.29, 0.717) is 6.04 Å². The molecule has 1 unspecified atom stereocenters. The summed E-state index contributed by atoms with van der Waals surface area (Å²) in [5.41, 5.74) is 6.96. The Labute approximate surface area is 192 Å². The summed E-state index contributed by atoms with van der Waals surface area (Å²) < 4.78 is 1.14. The average Bonchev–Trinajstić information content (AvgIpc) is 2.67. The monoisotopic (exact) mass is 465 g/mol. The van der Waals surface area contributed by atoms with Crippen molar-refractivity contribution in [2.45, 2.75) is 72.8 Å². The summed E-state index contributed by atoms with van der Waals surface area (Å²) >= 11 is 3.74. The minimum atomic E-state index is 0.156. The Morgan fingerprint density at radius 1 is 0.900 bits per heavy atom. The molecular formula is C28H36BrN. The first-order valence-electron chi connectivity index (χ1n) is 11.1. The highest BCUT2D eigenvalue weighted by Crippen LogP contribution is 2.37. The molecule has 0 fully saturated rings. The molecule has 0 amide bonds. The predicted octanol–water partition coefficient (Wildman–Crippen LogP) is 8.75. The van der Waals surface area contributed by atoms with Gasteiger partial charge in [-0.05, 0) is 70.7 Å². The zero-order valence-corrected chi connectivity index (χ0v) is 21.2. The number of hydrogen-bond donors (Lipinski definition) is 0. The smallest absolute Gasteiger partial charge is 0.0560 e. The number of allylic oxidation sites excluding steroid dienone is 2. The largest absolute Gasteiger partial charge is 0.334 e. The van der Waals surface area contributed by atoms with Gasteiger partial charge in [0.25, 0.3) is 0 Å². The van der Waals surface area contributed by atoms with Crippen LogP contribution in [0.1, 0.15) is 66.0 Å². The third-order valence-corrected chi connectivity index (χ3v) is 6.37. The Hall–Kier alpha value is -1.80. The first-order chi connectivity index (χ1) is 14.0. The summed E-state index contributed by atoms with van der Waals surface area (Å²) in [6.07, 6.45) is 9.16. The Bertz CT molecular complexity index is 936. The Morgan fingerprint density at radius 2 is 1.57 bits per heavy atom. The van der Waals surface area contributed by atoms with Gasteiger partial charge in [-0.15, -0.1) is 0 Å². The molecule has 3 rings (SSSR count). The highest BCUT2D eigenvalue weighted by atomic mass is 79.9. The number of hydrogen-bond acceptors (Lipinski definition) is 1. The molecule has 0 aromatic heterocycles. The van der Waals surface area contributed by atoms with Gasteiger partial charge in [0.15, 0.2) is 0 Å². The highest BCUT2D eigenvalue weighted by Gasteiger charge is 2.24. The van der Waals surface area contributed by atoms with Crippen molar-refractivity contribution in [3.63, 3.8) is 0 Å². The lowest BCUT2D eigenvalue weighted by molar-refractivity contribution is 0.510. The van der Waals surface area contributed by atoms with Crippen LogP contribution < -0.4 is 4.90 Å². The highest BCUT2D eigenvalue weighted by molar-refractivity contribution is 9.10. The lowest BCUT2D eigenvalue weighted by Gasteiger charge is -2.35. The average molecular weight is 467 g/mol. The van der Waals surface area contributed by atoms with Crippen LogP contribution >= 0.6 is 15.9 Å². The molecule has 2 heteroatoms. The molecule has 0 bridgehead atoms. The Balaban J connectivity index is 2.04. The summed E-state index contributed by atoms with van der Waals surface area (Å²) in [4.78, 5) is 2.49. The van der Waals surface area contributed by atoms with Crippen molar-refractivity contribution in [3.8, 4) is 0 Å². The molecule has 1 atom stereocenters. The van der Waals surface area contributed by atoms with Crippen LogP contribution in [-0.2, 0) is 11.8 Å². The van der Waals surface area contributed by atoms with Gasteiger partial charge in [-0.1, -0.05) is 94.8 Å². The zero-order valence-electron chi connectivity index (χ0n) is 19.6. The molecule has 2 aromatic rings. The van der Waals surface area contributed by atoms with Crippen molar-refractivity contribution >= 4 is 27.3 Å². The standard InChI is InChI=1S/C28H36BrN/c1-8-20-17-23(29)19-26(18-20)30(24-13-9-21(10-14-24)27(2,3)4)25-15-11-22(12-16-25)28(5,6)7/h9-15,17-19,25H,8,16H2,1-7H3. The second kappa shape index (κ2) is 8.75. The second-order valence-corrected chi connectivity index (χ2v) is 11.3. The van der Waals surface area contributed by atoms with E-state index in [-0.39, 0.29) is 10.8 Å². The van der Waals surface area contributed by atoms with E-state index in [0.717, 1.165) is 17.3 Å². The SMILES string of the molecule is CCc1cc(Br)cc(N(c2ccc(C(C)(C)C)cc2)C2C=CC(C(C)(C)C)=CC2)c1. The van der Waals surface area contributed by atoms with Gasteiger partial charge < -0.3 is 4.90 Å². The van der Waals surface area contributed by atoms with Crippen LogP contribution in [0, 0.1) is 5.41 Å². The van der Waals surface area contributed by atoms with E-state index in [1.165, 1.54) is 28.1 Å². The Kier molecular flexibility index (Phi) is 6.67. The van der Waals surface area contributed by atoms with Crippen molar-refractivity contribution in [2.75, 3.05) is 4.90 Å². The normalized spacial score (nSPS) is 17.1. The van der Waals surface area contributed by atoms with Crippen LogP contribution in [0.3, 0.4) is 0 Å². The fraction of sp³-hybridized carbons (Fsp3) is 0.429. The van der Waals surface area contributed by atoms with Crippen molar-refractivity contribution in [3.05, 3.63) is 81.9 Å². The van der Waals surface area contributed by atoms with E-state index >= 15 is 0 Å². The topological polar surface area (TPSA) is 3.24 Å². The molecule has 160 valence electrons. The van der Waals surface area contributed by atoms with E-state index in [9.17, 15) is 0 Å². The molecule has 0 aliphatic heterocycles. The fourth-order valence-electron chi connectivity index (χ4n) is 3.99. The lowest BCUT2D eigenvalue weighted by atomic mass is 9.82. The zero-order chi connectivity index (χ0) is 22.1. The van der Waals surface area contributed by atoms with Gasteiger partial charge in [0.2, 0.25) is 0 Å². The number of nitrogens with zero attached hydrogens (tertiary/aromatic N) is 1. The van der Waals surface area contributed by atoms with Crippen LogP contribution in [0.5, 0.6) is 0 Å². The maximum atomic E-state index is 3.74. The van der Waals surface area contributed by atoms with Gasteiger partial charge in [-0.2, -0.15) is 0 Å². The summed E-state index contributed by atoms with van der Waals surface area (Å²) in [6.45, 7) is 15.9. The van der Waals surface area contributed by atoms with Gasteiger partial charge >= 0.3 is 0 Å². The van der Waals surface area contributed by atoms with Crippen molar-refractivity contribution in [1.82, 2.24) is 0 Å². The molecule has 2 aromatic carbocycles. The minimum absolute atomic E-state index is 0.156. The van der Waals surface area contributed by atoms with Crippen LogP contribution in [0.15, 0.2) is 70.7 Å². The molecular weight excluding hydrogens is 430 g/mol. The molecule has 0 saturated heterocycles. The first kappa shape index (κ1) is 22.9. The van der Waals surface area contributed by atoms with Crippen LogP contribution in [0.2, 0.25) is 0 Å². The molecule has 30 heavy (non-hydrogen) atoms. The maximum Gasteiger partial charge on any atom is 0.0560 e. The van der Waals surface area contributed by atoms with E-state index in [4.69, 9.17) is 0 Å². The van der Waals surface area contributed by atoms with Gasteiger partial charge in [-0.3, -0.25) is 0 Å². The Morgan fingerprint density at radius 3 is 2.07 bits per heavy atom. The number of anilines is 2. The maximum absolute atomic E-state index is 3.74. The summed E-state index contributed by atoms with van der Waals surface area (Å²) in [5.74, 6) is 0. The quantitative estimate of drug-likeness (QED) is 0.435. The van der Waals surface area contributed by atoms with Crippen molar-refractivity contribution < 1.29 is 0 Å². The third-order valence-electron chi connectivity index (χ3n) is 5.92. The minimum Gasteiger partial charge on any atom is -0.334 e. The van der Waals surface area contributed by atoms with E-state index < -0.39 is 0 Å². The van der Waals surface area contributed by atoms with Crippen molar-refractivity contribution in [2.24, 2.45) is 5.41 Å². The van der Waals surface area contributed by atoms with E-state index in [2.05, 4.69) is 130 Å². The molecule has 0 heterocycles. The molecule has 1 nitrogen and oxygen atoms in total. The van der Waals surface area contributed by atoms with Gasteiger partial charge in [0.1, 0.15) is 0 Å². The molecule has 0 spiro atoms. The van der Waals surface area contributed by atoms with E-state index in [1.807, 2.05) is 0 Å². The molecule has 1 aliphatic rings. The lowest BCUT2D eigenvalue weighted by Crippen LogP contribution is -2.31. The van der Waals surface area contributed by atoms with Gasteiger partial charge in [0.05, 0.1) is 6.04 Å². The molecule has 0 saturated carbocycles. The number of aryl methyl sites for hydroxylation is 1. The van der Waals surface area contributed by atoms with Crippen molar-refractivity contribution in [1.29, 1.82) is 0 Å².